The molecule has 2 aromatic heterocycles. The van der Waals surface area contributed by atoms with E-state index >= 15 is 0 Å². The first kappa shape index (κ1) is 15.6. The number of hydrogen-bond donors (Lipinski definition) is 2. The van der Waals surface area contributed by atoms with Gasteiger partial charge in [-0.3, -0.25) is 5.32 Å². The number of aromatic nitrogens is 3. The molecular formula is C17H23N5OS. The highest BCUT2D eigenvalue weighted by atomic mass is 32.1. The van der Waals surface area contributed by atoms with Gasteiger partial charge in [0.25, 0.3) is 0 Å². The lowest BCUT2D eigenvalue weighted by atomic mass is 9.96. The molecule has 0 radical (unpaired) electrons. The third-order valence-electron chi connectivity index (χ3n) is 4.93. The number of urea groups is 1. The molecule has 2 fully saturated rings. The maximum atomic E-state index is 12.5. The molecule has 7 heteroatoms. The summed E-state index contributed by atoms with van der Waals surface area (Å²) in [7, 11) is 0. The van der Waals surface area contributed by atoms with Crippen LogP contribution in [-0.2, 0) is 0 Å². The summed E-state index contributed by atoms with van der Waals surface area (Å²) in [5.74, 6) is 1.30. The van der Waals surface area contributed by atoms with Gasteiger partial charge in [-0.15, -0.1) is 11.3 Å². The van der Waals surface area contributed by atoms with Crippen LogP contribution in [0.15, 0.2) is 23.8 Å². The molecule has 2 aliphatic carbocycles. The van der Waals surface area contributed by atoms with Crippen LogP contribution in [0.3, 0.4) is 0 Å². The summed E-state index contributed by atoms with van der Waals surface area (Å²) >= 11 is 1.60. The van der Waals surface area contributed by atoms with Crippen LogP contribution in [0.2, 0.25) is 0 Å². The van der Waals surface area contributed by atoms with E-state index in [1.165, 1.54) is 19.3 Å². The SMILES string of the molecule is O=C(Nc1ccnn1C1CCCCC1)N[C@@H](c1nccs1)C1CC1. The molecule has 128 valence electrons. The van der Waals surface area contributed by atoms with Gasteiger partial charge in [-0.2, -0.15) is 5.10 Å². The van der Waals surface area contributed by atoms with Crippen molar-refractivity contribution in [3.05, 3.63) is 28.8 Å². The number of amides is 2. The molecular weight excluding hydrogens is 322 g/mol. The topological polar surface area (TPSA) is 71.8 Å². The minimum atomic E-state index is -0.167. The van der Waals surface area contributed by atoms with E-state index in [4.69, 9.17) is 0 Å². The van der Waals surface area contributed by atoms with Gasteiger partial charge in [0.05, 0.1) is 18.3 Å². The Balaban J connectivity index is 1.42. The van der Waals surface area contributed by atoms with E-state index in [1.807, 2.05) is 16.1 Å². The summed E-state index contributed by atoms with van der Waals surface area (Å²) in [5.41, 5.74) is 0. The minimum Gasteiger partial charge on any atom is -0.328 e. The Morgan fingerprint density at radius 1 is 1.21 bits per heavy atom. The van der Waals surface area contributed by atoms with Gasteiger partial charge in [-0.1, -0.05) is 19.3 Å². The Labute approximate surface area is 145 Å². The van der Waals surface area contributed by atoms with Gasteiger partial charge in [0, 0.05) is 17.6 Å². The zero-order valence-electron chi connectivity index (χ0n) is 13.6. The molecule has 0 unspecified atom stereocenters. The monoisotopic (exact) mass is 345 g/mol. The minimum absolute atomic E-state index is 0.0241. The number of hydrogen-bond acceptors (Lipinski definition) is 4. The highest BCUT2D eigenvalue weighted by Crippen LogP contribution is 2.41. The fraction of sp³-hybridized carbons (Fsp3) is 0.588. The van der Waals surface area contributed by atoms with Crippen molar-refractivity contribution >= 4 is 23.2 Å². The molecule has 4 rings (SSSR count). The number of anilines is 1. The predicted octanol–water partition coefficient (Wildman–Crippen LogP) is 4.12. The van der Waals surface area contributed by atoms with Crippen molar-refractivity contribution in [2.75, 3.05) is 5.32 Å². The van der Waals surface area contributed by atoms with Crippen molar-refractivity contribution in [1.29, 1.82) is 0 Å². The van der Waals surface area contributed by atoms with Crippen LogP contribution in [-0.4, -0.2) is 20.8 Å². The summed E-state index contributed by atoms with van der Waals surface area (Å²) in [4.78, 5) is 16.9. The van der Waals surface area contributed by atoms with Crippen LogP contribution in [0, 0.1) is 5.92 Å². The van der Waals surface area contributed by atoms with Crippen molar-refractivity contribution in [3.63, 3.8) is 0 Å². The number of nitrogens with one attached hydrogen (secondary N) is 2. The van der Waals surface area contributed by atoms with E-state index in [1.54, 1.807) is 23.7 Å². The second-order valence-corrected chi connectivity index (χ2v) is 7.66. The molecule has 2 aromatic rings. The fourth-order valence-corrected chi connectivity index (χ4v) is 4.30. The first-order valence-electron chi connectivity index (χ1n) is 8.81. The Hall–Kier alpha value is -1.89. The second-order valence-electron chi connectivity index (χ2n) is 6.74. The number of carbonyl (C=O) groups excluding carboxylic acids is 1. The Kier molecular flexibility index (Phi) is 4.51. The van der Waals surface area contributed by atoms with E-state index in [0.29, 0.717) is 12.0 Å². The van der Waals surface area contributed by atoms with Gasteiger partial charge in [0.2, 0.25) is 0 Å². The molecule has 1 atom stereocenters. The molecule has 0 bridgehead atoms. The number of rotatable bonds is 5. The summed E-state index contributed by atoms with van der Waals surface area (Å²) in [5, 5.41) is 13.5. The smallest absolute Gasteiger partial charge is 0.320 e. The molecule has 0 spiro atoms. The largest absolute Gasteiger partial charge is 0.328 e. The maximum absolute atomic E-state index is 12.5. The van der Waals surface area contributed by atoms with E-state index in [0.717, 1.165) is 36.5 Å². The molecule has 2 saturated carbocycles. The van der Waals surface area contributed by atoms with Gasteiger partial charge >= 0.3 is 6.03 Å². The third-order valence-corrected chi connectivity index (χ3v) is 5.79. The number of nitrogens with zero attached hydrogens (tertiary/aromatic N) is 3. The Morgan fingerprint density at radius 3 is 2.75 bits per heavy atom. The van der Waals surface area contributed by atoms with Gasteiger partial charge in [0.1, 0.15) is 10.8 Å². The summed E-state index contributed by atoms with van der Waals surface area (Å²) in [6.45, 7) is 0. The Morgan fingerprint density at radius 2 is 2.04 bits per heavy atom. The van der Waals surface area contributed by atoms with E-state index in [2.05, 4.69) is 20.7 Å². The lowest BCUT2D eigenvalue weighted by Crippen LogP contribution is -2.34. The molecule has 2 N–H and O–H groups in total. The van der Waals surface area contributed by atoms with E-state index < -0.39 is 0 Å². The van der Waals surface area contributed by atoms with E-state index in [-0.39, 0.29) is 12.1 Å². The molecule has 2 amide bonds. The van der Waals surface area contributed by atoms with Gasteiger partial charge in [-0.25, -0.2) is 14.5 Å². The first-order chi connectivity index (χ1) is 11.8. The van der Waals surface area contributed by atoms with Crippen LogP contribution in [0.25, 0.3) is 0 Å². The van der Waals surface area contributed by atoms with E-state index in [9.17, 15) is 4.79 Å². The quantitative estimate of drug-likeness (QED) is 0.856. The van der Waals surface area contributed by atoms with Gasteiger partial charge in [-0.05, 0) is 31.6 Å². The van der Waals surface area contributed by atoms with Gasteiger partial charge < -0.3 is 5.32 Å². The highest BCUT2D eigenvalue weighted by molar-refractivity contribution is 7.09. The molecule has 2 heterocycles. The van der Waals surface area contributed by atoms with Crippen molar-refractivity contribution in [2.45, 2.75) is 57.0 Å². The summed E-state index contributed by atoms with van der Waals surface area (Å²) in [6.07, 6.45) is 11.9. The lowest BCUT2D eigenvalue weighted by Gasteiger charge is -2.24. The number of carbonyl (C=O) groups is 1. The molecule has 0 saturated heterocycles. The molecule has 0 aliphatic heterocycles. The molecule has 2 aliphatic rings. The summed E-state index contributed by atoms with van der Waals surface area (Å²) in [6, 6.07) is 2.14. The maximum Gasteiger partial charge on any atom is 0.320 e. The highest BCUT2D eigenvalue weighted by Gasteiger charge is 2.35. The fourth-order valence-electron chi connectivity index (χ4n) is 3.52. The normalized spacial score (nSPS) is 19.8. The second kappa shape index (κ2) is 6.93. The van der Waals surface area contributed by atoms with Crippen LogP contribution in [0.5, 0.6) is 0 Å². The third kappa shape index (κ3) is 3.45. The van der Waals surface area contributed by atoms with Gasteiger partial charge in [0.15, 0.2) is 0 Å². The van der Waals surface area contributed by atoms with Crippen molar-refractivity contribution < 1.29 is 4.79 Å². The average Bonchev–Trinajstić information content (AvgIpc) is 3.09. The van der Waals surface area contributed by atoms with Crippen molar-refractivity contribution in [2.24, 2.45) is 5.92 Å². The zero-order valence-corrected chi connectivity index (χ0v) is 14.5. The first-order valence-corrected chi connectivity index (χ1v) is 9.69. The van der Waals surface area contributed by atoms with Crippen LogP contribution in [0.4, 0.5) is 10.6 Å². The lowest BCUT2D eigenvalue weighted by molar-refractivity contribution is 0.246. The zero-order chi connectivity index (χ0) is 16.4. The van der Waals surface area contributed by atoms with Crippen LogP contribution >= 0.6 is 11.3 Å². The molecule has 24 heavy (non-hydrogen) atoms. The molecule has 6 nitrogen and oxygen atoms in total. The van der Waals surface area contributed by atoms with Crippen LogP contribution in [0.1, 0.15) is 62.0 Å². The van der Waals surface area contributed by atoms with Crippen molar-refractivity contribution in [3.8, 4) is 0 Å². The van der Waals surface area contributed by atoms with Crippen molar-refractivity contribution in [1.82, 2.24) is 20.1 Å². The average molecular weight is 345 g/mol. The molecule has 0 aromatic carbocycles. The van der Waals surface area contributed by atoms with Crippen LogP contribution < -0.4 is 10.6 Å². The summed E-state index contributed by atoms with van der Waals surface area (Å²) < 4.78 is 1.98. The Bertz CT molecular complexity index is 673. The number of thiazole rings is 1. The predicted molar refractivity (Wildman–Crippen MR) is 94.1 cm³/mol. The standard InChI is InChI=1S/C17H23N5OS/c23-17(21-15(12-6-7-12)16-18-10-11-24-16)20-14-8-9-19-22(14)13-4-2-1-3-5-13/h8-13,15H,1-7H2,(H2,20,21,23)/t15-/m1/s1.